The Morgan fingerprint density at radius 3 is 2.29 bits per heavy atom. The first-order chi connectivity index (χ1) is 6.30. The minimum atomic E-state index is 0. The highest BCUT2D eigenvalue weighted by Gasteiger charge is 2.55. The van der Waals surface area contributed by atoms with Crippen LogP contribution in [-0.2, 0) is 4.79 Å². The third kappa shape index (κ3) is 1.63. The summed E-state index contributed by atoms with van der Waals surface area (Å²) in [6.07, 6.45) is 6.12. The molecule has 0 aromatic heterocycles. The quantitative estimate of drug-likeness (QED) is 0.734. The molecule has 1 saturated heterocycles. The van der Waals surface area contributed by atoms with E-state index in [1.54, 1.807) is 0 Å². The molecule has 1 atom stereocenters. The second kappa shape index (κ2) is 3.38. The lowest BCUT2D eigenvalue weighted by atomic mass is 10.0. The SMILES string of the molecule is Cl.O=C(NC1(C2CC2)CC1)[C@H]1CCN1. The largest absolute Gasteiger partial charge is 0.349 e. The topological polar surface area (TPSA) is 41.1 Å². The van der Waals surface area contributed by atoms with E-state index < -0.39 is 0 Å². The molecule has 0 aromatic carbocycles. The van der Waals surface area contributed by atoms with Gasteiger partial charge in [0.15, 0.2) is 0 Å². The number of hydrogen-bond donors (Lipinski definition) is 2. The summed E-state index contributed by atoms with van der Waals surface area (Å²) in [5, 5.41) is 6.37. The number of amides is 1. The molecule has 3 nitrogen and oxygen atoms in total. The van der Waals surface area contributed by atoms with Crippen LogP contribution in [0.2, 0.25) is 0 Å². The number of hydrogen-bond acceptors (Lipinski definition) is 2. The highest BCUT2D eigenvalue weighted by molar-refractivity contribution is 5.85. The molecule has 0 radical (unpaired) electrons. The van der Waals surface area contributed by atoms with Crippen LogP contribution in [0.15, 0.2) is 0 Å². The molecule has 1 amide bonds. The Hall–Kier alpha value is -0.280. The van der Waals surface area contributed by atoms with E-state index in [1.807, 2.05) is 0 Å². The van der Waals surface area contributed by atoms with Crippen LogP contribution < -0.4 is 10.6 Å². The Morgan fingerprint density at radius 2 is 1.93 bits per heavy atom. The Kier molecular flexibility index (Phi) is 2.48. The minimum absolute atomic E-state index is 0. The molecule has 1 aliphatic heterocycles. The van der Waals surface area contributed by atoms with Gasteiger partial charge in [0, 0.05) is 5.54 Å². The summed E-state index contributed by atoms with van der Waals surface area (Å²) in [4.78, 5) is 11.6. The summed E-state index contributed by atoms with van der Waals surface area (Å²) in [5.74, 6) is 1.06. The Balaban J connectivity index is 0.000000750. The molecule has 3 rings (SSSR count). The van der Waals surface area contributed by atoms with Crippen molar-refractivity contribution in [1.29, 1.82) is 0 Å². The van der Waals surface area contributed by atoms with Crippen LogP contribution in [-0.4, -0.2) is 24.0 Å². The van der Waals surface area contributed by atoms with E-state index in [0.29, 0.717) is 0 Å². The molecular formula is C10H17ClN2O. The molecule has 1 heterocycles. The monoisotopic (exact) mass is 216 g/mol. The van der Waals surface area contributed by atoms with Crippen LogP contribution in [0.3, 0.4) is 0 Å². The zero-order valence-corrected chi connectivity index (χ0v) is 9.03. The summed E-state index contributed by atoms with van der Waals surface area (Å²) in [7, 11) is 0. The number of carbonyl (C=O) groups excluding carboxylic acids is 1. The summed E-state index contributed by atoms with van der Waals surface area (Å²) < 4.78 is 0. The van der Waals surface area contributed by atoms with Crippen molar-refractivity contribution in [3.8, 4) is 0 Å². The fraction of sp³-hybridized carbons (Fsp3) is 0.900. The summed E-state index contributed by atoms with van der Waals surface area (Å²) in [5.41, 5.74) is 0.258. The molecule has 0 spiro atoms. The molecular weight excluding hydrogens is 200 g/mol. The highest BCUT2D eigenvalue weighted by atomic mass is 35.5. The third-order valence-electron chi connectivity index (χ3n) is 3.66. The van der Waals surface area contributed by atoms with E-state index in [4.69, 9.17) is 0 Å². The van der Waals surface area contributed by atoms with Crippen molar-refractivity contribution < 1.29 is 4.79 Å². The lowest BCUT2D eigenvalue weighted by Gasteiger charge is -2.29. The Bertz CT molecular complexity index is 245. The smallest absolute Gasteiger partial charge is 0.237 e. The van der Waals surface area contributed by atoms with Gasteiger partial charge in [0.1, 0.15) is 0 Å². The predicted molar refractivity (Wildman–Crippen MR) is 56.5 cm³/mol. The first-order valence-electron chi connectivity index (χ1n) is 5.36. The van der Waals surface area contributed by atoms with Crippen molar-refractivity contribution in [1.82, 2.24) is 10.6 Å². The molecule has 80 valence electrons. The van der Waals surface area contributed by atoms with Gasteiger partial charge in [0.25, 0.3) is 0 Å². The van der Waals surface area contributed by atoms with Crippen LogP contribution in [0.5, 0.6) is 0 Å². The first-order valence-corrected chi connectivity index (χ1v) is 5.36. The zero-order chi connectivity index (χ0) is 8.89. The molecule has 4 heteroatoms. The maximum absolute atomic E-state index is 11.6. The van der Waals surface area contributed by atoms with Gasteiger partial charge in [-0.05, 0) is 44.6 Å². The van der Waals surface area contributed by atoms with Crippen molar-refractivity contribution in [2.45, 2.75) is 43.7 Å². The van der Waals surface area contributed by atoms with Gasteiger partial charge in [0.2, 0.25) is 5.91 Å². The molecule has 0 bridgehead atoms. The number of nitrogens with one attached hydrogen (secondary N) is 2. The summed E-state index contributed by atoms with van der Waals surface area (Å²) in [6, 6.07) is 0.122. The zero-order valence-electron chi connectivity index (χ0n) is 8.21. The van der Waals surface area contributed by atoms with Gasteiger partial charge >= 0.3 is 0 Å². The van der Waals surface area contributed by atoms with Gasteiger partial charge in [-0.15, -0.1) is 12.4 Å². The standard InChI is InChI=1S/C10H16N2O.ClH/c13-9(8-3-6-11-8)12-10(4-5-10)7-1-2-7;/h7-8,11H,1-6H2,(H,12,13);1H/t8-;/m1./s1. The number of carbonyl (C=O) groups is 1. The maximum Gasteiger partial charge on any atom is 0.237 e. The first kappa shape index (κ1) is 10.2. The fourth-order valence-electron chi connectivity index (χ4n) is 2.25. The van der Waals surface area contributed by atoms with Crippen molar-refractivity contribution in [3.63, 3.8) is 0 Å². The van der Waals surface area contributed by atoms with Crippen LogP contribution in [0, 0.1) is 5.92 Å². The van der Waals surface area contributed by atoms with E-state index in [-0.39, 0.29) is 29.9 Å². The molecule has 0 unspecified atom stereocenters. The summed E-state index contributed by atoms with van der Waals surface area (Å²) in [6.45, 7) is 1.01. The van der Waals surface area contributed by atoms with Crippen molar-refractivity contribution in [2.24, 2.45) is 5.92 Å². The molecule has 2 saturated carbocycles. The normalized spacial score (nSPS) is 32.4. The molecule has 2 N–H and O–H groups in total. The Morgan fingerprint density at radius 1 is 1.29 bits per heavy atom. The van der Waals surface area contributed by atoms with E-state index in [2.05, 4.69) is 10.6 Å². The fourth-order valence-corrected chi connectivity index (χ4v) is 2.25. The van der Waals surface area contributed by atoms with E-state index >= 15 is 0 Å². The van der Waals surface area contributed by atoms with Gasteiger partial charge in [0.05, 0.1) is 6.04 Å². The van der Waals surface area contributed by atoms with Gasteiger partial charge in [-0.1, -0.05) is 0 Å². The lowest BCUT2D eigenvalue weighted by Crippen LogP contribution is -2.56. The van der Waals surface area contributed by atoms with E-state index in [1.165, 1.54) is 25.7 Å². The average Bonchev–Trinajstić information content (AvgIpc) is 2.76. The summed E-state index contributed by atoms with van der Waals surface area (Å²) >= 11 is 0. The van der Waals surface area contributed by atoms with Crippen LogP contribution in [0.4, 0.5) is 0 Å². The highest BCUT2D eigenvalue weighted by Crippen LogP contribution is 2.53. The van der Waals surface area contributed by atoms with Crippen molar-refractivity contribution >= 4 is 18.3 Å². The van der Waals surface area contributed by atoms with Gasteiger partial charge < -0.3 is 10.6 Å². The number of halogens is 1. The van der Waals surface area contributed by atoms with Crippen LogP contribution >= 0.6 is 12.4 Å². The van der Waals surface area contributed by atoms with Crippen molar-refractivity contribution in [2.75, 3.05) is 6.54 Å². The minimum Gasteiger partial charge on any atom is -0.349 e. The predicted octanol–water partition coefficient (Wildman–Crippen LogP) is 0.829. The average molecular weight is 217 g/mol. The molecule has 2 aliphatic carbocycles. The Labute approximate surface area is 90.4 Å². The van der Waals surface area contributed by atoms with E-state index in [0.717, 1.165) is 18.9 Å². The van der Waals surface area contributed by atoms with E-state index in [9.17, 15) is 4.79 Å². The second-order valence-electron chi connectivity index (χ2n) is 4.72. The molecule has 0 aromatic rings. The molecule has 3 fully saturated rings. The van der Waals surface area contributed by atoms with Crippen LogP contribution in [0.25, 0.3) is 0 Å². The van der Waals surface area contributed by atoms with Crippen LogP contribution in [0.1, 0.15) is 32.1 Å². The number of rotatable bonds is 3. The lowest BCUT2D eigenvalue weighted by molar-refractivity contribution is -0.125. The third-order valence-corrected chi connectivity index (χ3v) is 3.66. The molecule has 14 heavy (non-hydrogen) atoms. The van der Waals surface area contributed by atoms with Crippen molar-refractivity contribution in [3.05, 3.63) is 0 Å². The second-order valence-corrected chi connectivity index (χ2v) is 4.72. The van der Waals surface area contributed by atoms with Gasteiger partial charge in [-0.25, -0.2) is 0 Å². The maximum atomic E-state index is 11.6. The molecule has 3 aliphatic rings. The van der Waals surface area contributed by atoms with Gasteiger partial charge in [-0.3, -0.25) is 4.79 Å². The van der Waals surface area contributed by atoms with Gasteiger partial charge in [-0.2, -0.15) is 0 Å².